The van der Waals surface area contributed by atoms with Crippen molar-refractivity contribution in [3.63, 3.8) is 0 Å². The number of rotatable bonds is 10. The van der Waals surface area contributed by atoms with Gasteiger partial charge in [-0.25, -0.2) is 24.5 Å². The van der Waals surface area contributed by atoms with E-state index in [1.165, 1.54) is 14.2 Å². The van der Waals surface area contributed by atoms with Gasteiger partial charge in [-0.1, -0.05) is 45.9 Å². The number of ether oxygens (including phenoxy) is 2. The molecule has 294 valence electrons. The van der Waals surface area contributed by atoms with Crippen molar-refractivity contribution in [2.24, 2.45) is 11.8 Å². The van der Waals surface area contributed by atoms with Gasteiger partial charge in [-0.15, -0.1) is 0 Å². The van der Waals surface area contributed by atoms with Gasteiger partial charge in [0.2, 0.25) is 11.8 Å². The van der Waals surface area contributed by atoms with Gasteiger partial charge in [0.25, 0.3) is 0 Å². The Hall–Kier alpha value is -5.99. The van der Waals surface area contributed by atoms with Crippen molar-refractivity contribution in [3.8, 4) is 22.5 Å². The summed E-state index contributed by atoms with van der Waals surface area (Å²) < 4.78 is 9.53. The van der Waals surface area contributed by atoms with Crippen molar-refractivity contribution in [1.29, 1.82) is 0 Å². The molecule has 0 saturated carbocycles. The summed E-state index contributed by atoms with van der Waals surface area (Å²) in [5, 5.41) is 6.36. The Morgan fingerprint density at radius 1 is 0.714 bits per heavy atom. The number of aromatic nitrogens is 5. The van der Waals surface area contributed by atoms with Crippen LogP contribution in [0, 0.1) is 11.8 Å². The average molecular weight is 764 g/mol. The fourth-order valence-electron chi connectivity index (χ4n) is 7.84. The van der Waals surface area contributed by atoms with Gasteiger partial charge < -0.3 is 39.9 Å². The van der Waals surface area contributed by atoms with Crippen molar-refractivity contribution < 1.29 is 28.7 Å². The number of carbonyl (C=O) groups excluding carboxylic acids is 4. The molecule has 56 heavy (non-hydrogen) atoms. The summed E-state index contributed by atoms with van der Waals surface area (Å²) in [5.74, 6) is 0.896. The number of pyridine rings is 1. The summed E-state index contributed by atoms with van der Waals surface area (Å²) in [4.78, 5) is 76.2. The normalized spacial score (nSPS) is 18.1. The molecule has 2 saturated heterocycles. The Balaban J connectivity index is 1.07. The number of nitrogens with one attached hydrogen (secondary N) is 4. The zero-order chi connectivity index (χ0) is 39.7. The Bertz CT molecular complexity index is 2260. The van der Waals surface area contributed by atoms with E-state index in [1.807, 2.05) is 75.1 Å². The number of H-pyrrole nitrogens is 2. The van der Waals surface area contributed by atoms with Crippen LogP contribution in [0.4, 0.5) is 9.59 Å². The molecule has 5 aromatic rings. The van der Waals surface area contributed by atoms with Crippen molar-refractivity contribution in [3.05, 3.63) is 66.4 Å². The molecule has 2 aromatic carbocycles. The van der Waals surface area contributed by atoms with Gasteiger partial charge in [0.15, 0.2) is 0 Å². The van der Waals surface area contributed by atoms with Crippen LogP contribution in [0.3, 0.4) is 0 Å². The van der Waals surface area contributed by atoms with Crippen LogP contribution in [0.15, 0.2) is 54.7 Å². The van der Waals surface area contributed by atoms with Gasteiger partial charge >= 0.3 is 12.2 Å². The summed E-state index contributed by atoms with van der Waals surface area (Å²) in [6.45, 7) is 8.76. The number of amides is 4. The molecule has 5 heterocycles. The third kappa shape index (κ3) is 7.62. The van der Waals surface area contributed by atoms with E-state index in [4.69, 9.17) is 24.4 Å². The van der Waals surface area contributed by atoms with Crippen molar-refractivity contribution in [2.45, 2.75) is 77.5 Å². The first-order valence-electron chi connectivity index (χ1n) is 19.2. The lowest BCUT2D eigenvalue weighted by atomic mass is 10.0. The standard InChI is InChI=1S/C41H49N9O6/c1-22(2)34(47-40(53)55-5)38(51)49-17-7-9-32(49)36-42-21-31(46-36)25-12-15-27-24(19-25)11-14-28(43-27)26-13-16-29-30(20-26)45-37(44-29)33-10-8-18-50(33)39(52)35(23(3)4)48-41(54)56-6/h11-16,19-23,32-35H,7-10,17-18H2,1-6H3,(H,42,46)(H,44,45)(H,47,53)(H,48,54)/t32-,33-,34-,35-/m0/s1. The Morgan fingerprint density at radius 2 is 1.30 bits per heavy atom. The maximum atomic E-state index is 13.6. The molecule has 2 aliphatic rings. The van der Waals surface area contributed by atoms with E-state index in [-0.39, 0.29) is 35.7 Å². The minimum Gasteiger partial charge on any atom is -0.453 e. The number of hydrogen-bond acceptors (Lipinski definition) is 9. The summed E-state index contributed by atoms with van der Waals surface area (Å²) in [6.07, 6.45) is 3.74. The van der Waals surface area contributed by atoms with E-state index >= 15 is 0 Å². The number of likely N-dealkylation sites (tertiary alicyclic amines) is 2. The molecule has 7 rings (SSSR count). The molecule has 0 unspecified atom stereocenters. The van der Waals surface area contributed by atoms with Gasteiger partial charge in [0.05, 0.1) is 60.4 Å². The molecule has 0 radical (unpaired) electrons. The van der Waals surface area contributed by atoms with Crippen molar-refractivity contribution in [2.75, 3.05) is 27.3 Å². The molecule has 15 nitrogen and oxygen atoms in total. The highest BCUT2D eigenvalue weighted by atomic mass is 16.5. The van der Waals surface area contributed by atoms with E-state index in [0.717, 1.165) is 70.1 Å². The lowest BCUT2D eigenvalue weighted by Crippen LogP contribution is -2.51. The molecule has 2 fully saturated rings. The van der Waals surface area contributed by atoms with E-state index < -0.39 is 24.3 Å². The number of aromatic amines is 2. The first-order valence-corrected chi connectivity index (χ1v) is 19.2. The third-order valence-corrected chi connectivity index (χ3v) is 10.9. The van der Waals surface area contributed by atoms with Crippen LogP contribution < -0.4 is 10.6 Å². The van der Waals surface area contributed by atoms with Gasteiger partial charge in [0, 0.05) is 29.6 Å². The fourth-order valence-corrected chi connectivity index (χ4v) is 7.84. The van der Waals surface area contributed by atoms with Crippen LogP contribution in [0.25, 0.3) is 44.5 Å². The van der Waals surface area contributed by atoms with E-state index in [0.29, 0.717) is 24.7 Å². The number of alkyl carbamates (subject to hydrolysis) is 2. The zero-order valence-electron chi connectivity index (χ0n) is 32.6. The second kappa shape index (κ2) is 16.0. The minimum absolute atomic E-state index is 0.113. The first kappa shape index (κ1) is 38.3. The highest BCUT2D eigenvalue weighted by Gasteiger charge is 2.39. The third-order valence-electron chi connectivity index (χ3n) is 10.9. The molecule has 2 aliphatic heterocycles. The number of hydrogen-bond donors (Lipinski definition) is 4. The number of carbonyl (C=O) groups is 4. The largest absolute Gasteiger partial charge is 0.453 e. The van der Waals surface area contributed by atoms with Gasteiger partial charge in [-0.2, -0.15) is 0 Å². The maximum Gasteiger partial charge on any atom is 0.407 e. The molecule has 4 N–H and O–H groups in total. The summed E-state index contributed by atoms with van der Waals surface area (Å²) in [5.41, 5.74) is 5.99. The number of benzene rings is 2. The van der Waals surface area contributed by atoms with Gasteiger partial charge in [0.1, 0.15) is 23.7 Å². The van der Waals surface area contributed by atoms with Crippen LogP contribution in [0.1, 0.15) is 77.1 Å². The number of methoxy groups -OCH3 is 2. The average Bonchev–Trinajstić information content (AvgIpc) is 4.03. The second-order valence-corrected chi connectivity index (χ2v) is 15.2. The quantitative estimate of drug-likeness (QED) is 0.127. The fraction of sp³-hybridized carbons (Fsp3) is 0.439. The van der Waals surface area contributed by atoms with Crippen LogP contribution in [-0.4, -0.2) is 98.1 Å². The molecule has 0 bridgehead atoms. The highest BCUT2D eigenvalue weighted by molar-refractivity contribution is 5.89. The van der Waals surface area contributed by atoms with Crippen LogP contribution in [-0.2, 0) is 19.1 Å². The SMILES string of the molecule is COC(=O)N[C@H](C(=O)N1CCC[C@H]1c1ncc(-c2ccc3nc(-c4ccc5nc([C@@H]6CCCN6C(=O)[C@@H](NC(=O)OC)C(C)C)[nH]c5c4)ccc3c2)[nH]1)C(C)C. The Morgan fingerprint density at radius 3 is 1.91 bits per heavy atom. The smallest absolute Gasteiger partial charge is 0.407 e. The summed E-state index contributed by atoms with van der Waals surface area (Å²) >= 11 is 0. The maximum absolute atomic E-state index is 13.6. The van der Waals surface area contributed by atoms with Crippen molar-refractivity contribution in [1.82, 2.24) is 45.4 Å². The first-order chi connectivity index (χ1) is 26.9. The van der Waals surface area contributed by atoms with Gasteiger partial charge in [-0.3, -0.25) is 9.59 Å². The predicted octanol–water partition coefficient (Wildman–Crippen LogP) is 6.26. The number of imidazole rings is 2. The molecular formula is C41H49N9O6. The van der Waals surface area contributed by atoms with Crippen LogP contribution in [0.2, 0.25) is 0 Å². The topological polar surface area (TPSA) is 188 Å². The molecule has 4 atom stereocenters. The van der Waals surface area contributed by atoms with Crippen LogP contribution in [0.5, 0.6) is 0 Å². The molecule has 0 aliphatic carbocycles. The summed E-state index contributed by atoms with van der Waals surface area (Å²) in [6, 6.07) is 14.3. The Kier molecular flexibility index (Phi) is 10.9. The lowest BCUT2D eigenvalue weighted by Gasteiger charge is -2.30. The molecular weight excluding hydrogens is 715 g/mol. The molecule has 15 heteroatoms. The highest BCUT2D eigenvalue weighted by Crippen LogP contribution is 2.35. The zero-order valence-corrected chi connectivity index (χ0v) is 32.6. The number of nitrogens with zero attached hydrogens (tertiary/aromatic N) is 5. The van der Waals surface area contributed by atoms with E-state index in [2.05, 4.69) is 26.7 Å². The monoisotopic (exact) mass is 763 g/mol. The minimum atomic E-state index is -0.701. The number of fused-ring (bicyclic) bond motifs is 2. The Labute approximate surface area is 324 Å². The molecule has 4 amide bonds. The molecule has 0 spiro atoms. The molecule has 3 aromatic heterocycles. The van der Waals surface area contributed by atoms with E-state index in [1.54, 1.807) is 11.1 Å². The van der Waals surface area contributed by atoms with Crippen molar-refractivity contribution >= 4 is 45.9 Å². The van der Waals surface area contributed by atoms with E-state index in [9.17, 15) is 19.2 Å². The van der Waals surface area contributed by atoms with Crippen LogP contribution >= 0.6 is 0 Å². The second-order valence-electron chi connectivity index (χ2n) is 15.2. The van der Waals surface area contributed by atoms with Gasteiger partial charge in [-0.05, 0) is 67.9 Å². The summed E-state index contributed by atoms with van der Waals surface area (Å²) in [7, 11) is 2.57. The predicted molar refractivity (Wildman–Crippen MR) is 210 cm³/mol. The lowest BCUT2D eigenvalue weighted by molar-refractivity contribution is -0.136.